The Morgan fingerprint density at radius 3 is 2.76 bits per heavy atom. The quantitative estimate of drug-likeness (QED) is 0.795. The summed E-state index contributed by atoms with van der Waals surface area (Å²) in [6.07, 6.45) is 1.60. The maximum Gasteiger partial charge on any atom is 0.287 e. The Morgan fingerprint density at radius 1 is 1.29 bits per heavy atom. The van der Waals surface area contributed by atoms with Crippen LogP contribution < -0.4 is 14.8 Å². The Kier molecular flexibility index (Phi) is 5.04. The molecule has 2 rings (SSSR count). The maximum atomic E-state index is 11.7. The van der Waals surface area contributed by atoms with Gasteiger partial charge in [-0.15, -0.1) is 6.58 Å². The van der Waals surface area contributed by atoms with Crippen molar-refractivity contribution >= 4 is 5.91 Å². The fourth-order valence-corrected chi connectivity index (χ4v) is 1.72. The lowest BCUT2D eigenvalue weighted by molar-refractivity contribution is 0.0926. The van der Waals surface area contributed by atoms with Gasteiger partial charge in [0.05, 0.1) is 7.11 Å². The monoisotopic (exact) mass is 287 g/mol. The molecule has 0 aliphatic heterocycles. The summed E-state index contributed by atoms with van der Waals surface area (Å²) < 4.78 is 16.2. The molecule has 0 radical (unpaired) electrons. The number of benzene rings is 1. The van der Waals surface area contributed by atoms with Crippen LogP contribution >= 0.6 is 0 Å². The van der Waals surface area contributed by atoms with Gasteiger partial charge in [0, 0.05) is 6.54 Å². The molecule has 1 amide bonds. The highest BCUT2D eigenvalue weighted by atomic mass is 16.5. The van der Waals surface area contributed by atoms with Gasteiger partial charge in [-0.1, -0.05) is 18.2 Å². The van der Waals surface area contributed by atoms with E-state index >= 15 is 0 Å². The first-order chi connectivity index (χ1) is 10.2. The molecule has 2 aromatic rings. The summed E-state index contributed by atoms with van der Waals surface area (Å²) in [5.41, 5.74) is 0. The SMILES string of the molecule is C=CCNC(=O)c1ccc(COc2ccccc2OC)o1. The lowest BCUT2D eigenvalue weighted by Crippen LogP contribution is -2.22. The first kappa shape index (κ1) is 14.7. The molecule has 110 valence electrons. The van der Waals surface area contributed by atoms with E-state index in [2.05, 4.69) is 11.9 Å². The van der Waals surface area contributed by atoms with Crippen molar-refractivity contribution in [3.8, 4) is 11.5 Å². The summed E-state index contributed by atoms with van der Waals surface area (Å²) in [6.45, 7) is 4.15. The van der Waals surface area contributed by atoms with Gasteiger partial charge in [0.1, 0.15) is 12.4 Å². The Balaban J connectivity index is 1.96. The molecule has 1 N–H and O–H groups in total. The van der Waals surface area contributed by atoms with E-state index in [1.165, 1.54) is 0 Å². The predicted molar refractivity (Wildman–Crippen MR) is 78.6 cm³/mol. The molecule has 1 heterocycles. The molecule has 0 atom stereocenters. The van der Waals surface area contributed by atoms with Crippen LogP contribution in [-0.4, -0.2) is 19.6 Å². The normalized spacial score (nSPS) is 9.95. The Hall–Kier alpha value is -2.69. The number of hydrogen-bond acceptors (Lipinski definition) is 4. The molecule has 1 aromatic heterocycles. The van der Waals surface area contributed by atoms with Gasteiger partial charge in [0.2, 0.25) is 0 Å². The van der Waals surface area contributed by atoms with Crippen molar-refractivity contribution in [2.24, 2.45) is 0 Å². The van der Waals surface area contributed by atoms with Gasteiger partial charge in [-0.3, -0.25) is 4.79 Å². The van der Waals surface area contributed by atoms with Crippen molar-refractivity contribution in [2.75, 3.05) is 13.7 Å². The zero-order valence-corrected chi connectivity index (χ0v) is 11.8. The number of para-hydroxylation sites is 2. The lowest BCUT2D eigenvalue weighted by atomic mass is 10.3. The highest BCUT2D eigenvalue weighted by molar-refractivity contribution is 5.91. The lowest BCUT2D eigenvalue weighted by Gasteiger charge is -2.08. The second-order valence-electron chi connectivity index (χ2n) is 4.20. The van der Waals surface area contributed by atoms with Crippen molar-refractivity contribution in [2.45, 2.75) is 6.61 Å². The topological polar surface area (TPSA) is 60.7 Å². The van der Waals surface area contributed by atoms with Crippen molar-refractivity contribution in [3.05, 3.63) is 60.6 Å². The molecule has 0 bridgehead atoms. The summed E-state index contributed by atoms with van der Waals surface area (Å²) in [5.74, 6) is 1.79. The number of nitrogens with one attached hydrogen (secondary N) is 1. The Bertz CT molecular complexity index is 618. The molecule has 0 fully saturated rings. The van der Waals surface area contributed by atoms with E-state index in [1.54, 1.807) is 31.4 Å². The highest BCUT2D eigenvalue weighted by Gasteiger charge is 2.11. The van der Waals surface area contributed by atoms with E-state index in [0.717, 1.165) is 0 Å². The Labute approximate surface area is 123 Å². The number of hydrogen-bond donors (Lipinski definition) is 1. The number of amides is 1. The second-order valence-corrected chi connectivity index (χ2v) is 4.20. The number of carbonyl (C=O) groups is 1. The maximum absolute atomic E-state index is 11.7. The van der Waals surface area contributed by atoms with Gasteiger partial charge in [0.15, 0.2) is 17.3 Å². The fourth-order valence-electron chi connectivity index (χ4n) is 1.72. The zero-order chi connectivity index (χ0) is 15.1. The third kappa shape index (κ3) is 3.89. The second kappa shape index (κ2) is 7.19. The van der Waals surface area contributed by atoms with Crippen molar-refractivity contribution in [3.63, 3.8) is 0 Å². The van der Waals surface area contributed by atoms with E-state index < -0.39 is 0 Å². The molecule has 0 saturated heterocycles. The highest BCUT2D eigenvalue weighted by Crippen LogP contribution is 2.26. The van der Waals surface area contributed by atoms with Gasteiger partial charge >= 0.3 is 0 Å². The van der Waals surface area contributed by atoms with E-state index in [4.69, 9.17) is 13.9 Å². The van der Waals surface area contributed by atoms with E-state index in [0.29, 0.717) is 23.8 Å². The largest absolute Gasteiger partial charge is 0.493 e. The van der Waals surface area contributed by atoms with Crippen LogP contribution in [0.2, 0.25) is 0 Å². The minimum Gasteiger partial charge on any atom is -0.493 e. The first-order valence-electron chi connectivity index (χ1n) is 6.48. The smallest absolute Gasteiger partial charge is 0.287 e. The Morgan fingerprint density at radius 2 is 2.05 bits per heavy atom. The molecular weight excluding hydrogens is 270 g/mol. The minimum atomic E-state index is -0.279. The first-order valence-corrected chi connectivity index (χ1v) is 6.48. The van der Waals surface area contributed by atoms with Crippen LogP contribution in [0.5, 0.6) is 11.5 Å². The number of furan rings is 1. The molecule has 0 spiro atoms. The average molecular weight is 287 g/mol. The van der Waals surface area contributed by atoms with Crippen molar-refractivity contribution < 1.29 is 18.7 Å². The van der Waals surface area contributed by atoms with Crippen molar-refractivity contribution in [1.82, 2.24) is 5.32 Å². The molecule has 21 heavy (non-hydrogen) atoms. The van der Waals surface area contributed by atoms with Gasteiger partial charge in [-0.2, -0.15) is 0 Å². The van der Waals surface area contributed by atoms with Crippen molar-refractivity contribution in [1.29, 1.82) is 0 Å². The third-order valence-corrected chi connectivity index (χ3v) is 2.73. The number of ether oxygens (including phenoxy) is 2. The number of carbonyl (C=O) groups excluding carboxylic acids is 1. The molecule has 1 aromatic carbocycles. The molecule has 0 aliphatic carbocycles. The number of rotatable bonds is 7. The molecule has 5 heteroatoms. The number of methoxy groups -OCH3 is 1. The summed E-state index contributed by atoms with van der Waals surface area (Å²) in [5, 5.41) is 2.64. The third-order valence-electron chi connectivity index (χ3n) is 2.73. The van der Waals surface area contributed by atoms with Crippen LogP contribution in [0.4, 0.5) is 0 Å². The van der Waals surface area contributed by atoms with Gasteiger partial charge < -0.3 is 19.2 Å². The zero-order valence-electron chi connectivity index (χ0n) is 11.8. The summed E-state index contributed by atoms with van der Waals surface area (Å²) in [6, 6.07) is 10.7. The molecule has 0 unspecified atom stereocenters. The van der Waals surface area contributed by atoms with Crippen LogP contribution in [-0.2, 0) is 6.61 Å². The van der Waals surface area contributed by atoms with Crippen LogP contribution in [0.15, 0.2) is 53.5 Å². The van der Waals surface area contributed by atoms with Gasteiger partial charge in [-0.05, 0) is 24.3 Å². The standard InChI is InChI=1S/C16H17NO4/c1-3-10-17-16(18)15-9-8-12(21-15)11-20-14-7-5-4-6-13(14)19-2/h3-9H,1,10-11H2,2H3,(H,17,18). The fraction of sp³-hybridized carbons (Fsp3) is 0.188. The van der Waals surface area contributed by atoms with E-state index in [1.807, 2.05) is 18.2 Å². The molecular formula is C16H17NO4. The summed E-state index contributed by atoms with van der Waals surface area (Å²) >= 11 is 0. The summed E-state index contributed by atoms with van der Waals surface area (Å²) in [7, 11) is 1.58. The molecule has 0 saturated carbocycles. The van der Waals surface area contributed by atoms with Crippen LogP contribution in [0.1, 0.15) is 16.3 Å². The molecule has 0 aliphatic rings. The van der Waals surface area contributed by atoms with Crippen LogP contribution in [0, 0.1) is 0 Å². The van der Waals surface area contributed by atoms with Gasteiger partial charge in [-0.25, -0.2) is 0 Å². The predicted octanol–water partition coefficient (Wildman–Crippen LogP) is 2.78. The summed E-state index contributed by atoms with van der Waals surface area (Å²) in [4.78, 5) is 11.7. The average Bonchev–Trinajstić information content (AvgIpc) is 3.00. The van der Waals surface area contributed by atoms with E-state index in [9.17, 15) is 4.79 Å². The minimum absolute atomic E-state index is 0.217. The van der Waals surface area contributed by atoms with Gasteiger partial charge in [0.25, 0.3) is 5.91 Å². The van der Waals surface area contributed by atoms with Crippen LogP contribution in [0.3, 0.4) is 0 Å². The molecule has 5 nitrogen and oxygen atoms in total. The van der Waals surface area contributed by atoms with Crippen LogP contribution in [0.25, 0.3) is 0 Å². The van der Waals surface area contributed by atoms with E-state index in [-0.39, 0.29) is 18.3 Å².